The minimum absolute atomic E-state index is 0.114. The highest BCUT2D eigenvalue weighted by Crippen LogP contribution is 2.17. The highest BCUT2D eigenvalue weighted by atomic mass is 16.4. The SMILES string of the molecule is CCCCCN(CCC(=O)O)c1cccc(C#N)c1. The third kappa shape index (κ3) is 5.43. The van der Waals surface area contributed by atoms with Crippen molar-refractivity contribution in [3.63, 3.8) is 0 Å². The van der Waals surface area contributed by atoms with Crippen LogP contribution in [0.3, 0.4) is 0 Å². The molecule has 0 unspecified atom stereocenters. The summed E-state index contributed by atoms with van der Waals surface area (Å²) in [5.74, 6) is -0.795. The molecule has 1 aromatic rings. The van der Waals surface area contributed by atoms with Gasteiger partial charge in [-0.15, -0.1) is 0 Å². The summed E-state index contributed by atoms with van der Waals surface area (Å²) in [5, 5.41) is 17.7. The van der Waals surface area contributed by atoms with Crippen LogP contribution >= 0.6 is 0 Å². The van der Waals surface area contributed by atoms with Crippen LogP contribution in [0.4, 0.5) is 5.69 Å². The van der Waals surface area contributed by atoms with Gasteiger partial charge in [-0.1, -0.05) is 25.8 Å². The van der Waals surface area contributed by atoms with E-state index >= 15 is 0 Å². The van der Waals surface area contributed by atoms with Crippen LogP contribution in [0.5, 0.6) is 0 Å². The van der Waals surface area contributed by atoms with Gasteiger partial charge in [-0.3, -0.25) is 4.79 Å². The van der Waals surface area contributed by atoms with Crippen LogP contribution < -0.4 is 4.90 Å². The molecule has 0 aliphatic rings. The third-order valence-electron chi connectivity index (χ3n) is 2.97. The van der Waals surface area contributed by atoms with Crippen molar-refractivity contribution in [1.29, 1.82) is 5.26 Å². The van der Waals surface area contributed by atoms with Gasteiger partial charge in [0.1, 0.15) is 0 Å². The maximum atomic E-state index is 10.7. The Hall–Kier alpha value is -2.02. The van der Waals surface area contributed by atoms with Crippen LogP contribution in [0, 0.1) is 11.3 Å². The largest absolute Gasteiger partial charge is 0.481 e. The molecule has 0 heterocycles. The predicted molar refractivity (Wildman–Crippen MR) is 75.1 cm³/mol. The first-order valence-electron chi connectivity index (χ1n) is 6.64. The maximum Gasteiger partial charge on any atom is 0.305 e. The molecular formula is C15H20N2O2. The molecule has 0 aliphatic carbocycles. The molecular weight excluding hydrogens is 240 g/mol. The lowest BCUT2D eigenvalue weighted by atomic mass is 10.1. The van der Waals surface area contributed by atoms with Crippen LogP contribution in [0.15, 0.2) is 24.3 Å². The molecule has 0 atom stereocenters. The minimum atomic E-state index is -0.795. The van der Waals surface area contributed by atoms with E-state index in [-0.39, 0.29) is 6.42 Å². The van der Waals surface area contributed by atoms with E-state index in [2.05, 4.69) is 13.0 Å². The van der Waals surface area contributed by atoms with Crippen LogP contribution in [0.2, 0.25) is 0 Å². The van der Waals surface area contributed by atoms with Crippen LogP contribution in [0.1, 0.15) is 38.2 Å². The van der Waals surface area contributed by atoms with Crippen molar-refractivity contribution in [1.82, 2.24) is 0 Å². The van der Waals surface area contributed by atoms with E-state index < -0.39 is 5.97 Å². The second-order valence-electron chi connectivity index (χ2n) is 4.50. The first-order valence-corrected chi connectivity index (χ1v) is 6.64. The lowest BCUT2D eigenvalue weighted by Crippen LogP contribution is -2.27. The molecule has 0 radical (unpaired) electrons. The van der Waals surface area contributed by atoms with Gasteiger partial charge < -0.3 is 10.0 Å². The van der Waals surface area contributed by atoms with Crippen molar-refractivity contribution in [3.05, 3.63) is 29.8 Å². The average molecular weight is 260 g/mol. The Morgan fingerprint density at radius 3 is 2.79 bits per heavy atom. The molecule has 0 aliphatic heterocycles. The van der Waals surface area contributed by atoms with Gasteiger partial charge in [0.05, 0.1) is 18.1 Å². The summed E-state index contributed by atoms with van der Waals surface area (Å²) in [7, 11) is 0. The van der Waals surface area contributed by atoms with Crippen LogP contribution in [0.25, 0.3) is 0 Å². The monoisotopic (exact) mass is 260 g/mol. The van der Waals surface area contributed by atoms with Crippen molar-refractivity contribution in [3.8, 4) is 6.07 Å². The molecule has 0 saturated heterocycles. The van der Waals surface area contributed by atoms with Gasteiger partial charge in [0.2, 0.25) is 0 Å². The molecule has 1 N–H and O–H groups in total. The third-order valence-corrected chi connectivity index (χ3v) is 2.97. The number of carbonyl (C=O) groups is 1. The molecule has 0 fully saturated rings. The van der Waals surface area contributed by atoms with Crippen molar-refractivity contribution in [2.75, 3.05) is 18.0 Å². The number of anilines is 1. The van der Waals surface area contributed by atoms with E-state index in [1.54, 1.807) is 6.07 Å². The Labute approximate surface area is 114 Å². The molecule has 1 rings (SSSR count). The highest BCUT2D eigenvalue weighted by molar-refractivity contribution is 5.67. The summed E-state index contributed by atoms with van der Waals surface area (Å²) in [4.78, 5) is 12.8. The summed E-state index contributed by atoms with van der Waals surface area (Å²) in [6, 6.07) is 9.44. The quantitative estimate of drug-likeness (QED) is 0.730. The Kier molecular flexibility index (Phi) is 6.45. The number of aliphatic carboxylic acids is 1. The molecule has 19 heavy (non-hydrogen) atoms. The summed E-state index contributed by atoms with van der Waals surface area (Å²) in [6.07, 6.45) is 3.41. The molecule has 0 bridgehead atoms. The van der Waals surface area contributed by atoms with Gasteiger partial charge in [0, 0.05) is 18.8 Å². The van der Waals surface area contributed by atoms with Gasteiger partial charge in [0.25, 0.3) is 0 Å². The number of carboxylic acids is 1. The van der Waals surface area contributed by atoms with Gasteiger partial charge in [-0.05, 0) is 24.6 Å². The zero-order chi connectivity index (χ0) is 14.1. The molecule has 4 heteroatoms. The molecule has 102 valence electrons. The Balaban J connectivity index is 2.75. The molecule has 0 aromatic heterocycles. The molecule has 1 aromatic carbocycles. The lowest BCUT2D eigenvalue weighted by molar-refractivity contribution is -0.136. The van der Waals surface area contributed by atoms with E-state index in [0.29, 0.717) is 12.1 Å². The van der Waals surface area contributed by atoms with Crippen molar-refractivity contribution in [2.45, 2.75) is 32.6 Å². The number of unbranched alkanes of at least 4 members (excludes halogenated alkanes) is 2. The second-order valence-corrected chi connectivity index (χ2v) is 4.50. The van der Waals surface area contributed by atoms with E-state index in [1.807, 2.05) is 23.1 Å². The zero-order valence-corrected chi connectivity index (χ0v) is 11.3. The van der Waals surface area contributed by atoms with Gasteiger partial charge in [-0.25, -0.2) is 0 Å². The van der Waals surface area contributed by atoms with E-state index in [1.165, 1.54) is 0 Å². The average Bonchev–Trinajstić information content (AvgIpc) is 2.42. The lowest BCUT2D eigenvalue weighted by Gasteiger charge is -2.24. The van der Waals surface area contributed by atoms with Gasteiger partial charge >= 0.3 is 5.97 Å². The van der Waals surface area contributed by atoms with Crippen molar-refractivity contribution >= 4 is 11.7 Å². The fraction of sp³-hybridized carbons (Fsp3) is 0.467. The highest BCUT2D eigenvalue weighted by Gasteiger charge is 2.09. The summed E-state index contributed by atoms with van der Waals surface area (Å²) < 4.78 is 0. The Bertz CT molecular complexity index is 452. The van der Waals surface area contributed by atoms with Gasteiger partial charge in [-0.2, -0.15) is 5.26 Å². The normalized spacial score (nSPS) is 9.89. The summed E-state index contributed by atoms with van der Waals surface area (Å²) in [6.45, 7) is 3.45. The van der Waals surface area contributed by atoms with E-state index in [9.17, 15) is 4.79 Å². The second kappa shape index (κ2) is 8.15. The number of hydrogen-bond donors (Lipinski definition) is 1. The molecule has 0 saturated carbocycles. The molecule has 0 spiro atoms. The summed E-state index contributed by atoms with van der Waals surface area (Å²) >= 11 is 0. The first-order chi connectivity index (χ1) is 9.17. The topological polar surface area (TPSA) is 64.3 Å². The van der Waals surface area contributed by atoms with Crippen LogP contribution in [-0.2, 0) is 4.79 Å². The Morgan fingerprint density at radius 1 is 1.37 bits per heavy atom. The Morgan fingerprint density at radius 2 is 2.16 bits per heavy atom. The number of nitrogens with zero attached hydrogens (tertiary/aromatic N) is 2. The minimum Gasteiger partial charge on any atom is -0.481 e. The van der Waals surface area contributed by atoms with Crippen molar-refractivity contribution in [2.24, 2.45) is 0 Å². The van der Waals surface area contributed by atoms with Crippen molar-refractivity contribution < 1.29 is 9.90 Å². The number of benzene rings is 1. The zero-order valence-electron chi connectivity index (χ0n) is 11.3. The fourth-order valence-electron chi connectivity index (χ4n) is 1.93. The standard InChI is InChI=1S/C15H20N2O2/c1-2-3-4-9-17(10-8-15(18)19)14-7-5-6-13(11-14)12-16/h5-7,11H,2-4,8-10H2,1H3,(H,18,19). The maximum absolute atomic E-state index is 10.7. The number of rotatable bonds is 8. The smallest absolute Gasteiger partial charge is 0.305 e. The number of carboxylic acid groups (broad SMARTS) is 1. The number of hydrogen-bond acceptors (Lipinski definition) is 3. The van der Waals surface area contributed by atoms with E-state index in [4.69, 9.17) is 10.4 Å². The van der Waals surface area contributed by atoms with E-state index in [0.717, 1.165) is 31.5 Å². The van der Waals surface area contributed by atoms with Crippen LogP contribution in [-0.4, -0.2) is 24.2 Å². The predicted octanol–water partition coefficient (Wildman–Crippen LogP) is 3.03. The molecule has 0 amide bonds. The first kappa shape index (κ1) is 15.0. The fourth-order valence-corrected chi connectivity index (χ4v) is 1.93. The van der Waals surface area contributed by atoms with Gasteiger partial charge in [0.15, 0.2) is 0 Å². The number of nitriles is 1. The summed E-state index contributed by atoms with van der Waals surface area (Å²) in [5.41, 5.74) is 1.53. The molecule has 4 nitrogen and oxygen atoms in total.